The molecule has 0 saturated heterocycles. The van der Waals surface area contributed by atoms with Gasteiger partial charge in [-0.15, -0.1) is 0 Å². The Morgan fingerprint density at radius 3 is 2.53 bits per heavy atom. The number of benzene rings is 1. The van der Waals surface area contributed by atoms with E-state index in [-0.39, 0.29) is 21.6 Å². The fourth-order valence-corrected chi connectivity index (χ4v) is 1.83. The molecule has 0 saturated carbocycles. The topological polar surface area (TPSA) is 34.9 Å². The van der Waals surface area contributed by atoms with Crippen LogP contribution in [0.2, 0.25) is 10.0 Å². The van der Waals surface area contributed by atoms with Gasteiger partial charge in [0.15, 0.2) is 0 Å². The molecule has 0 spiro atoms. The van der Waals surface area contributed by atoms with Gasteiger partial charge in [-0.1, -0.05) is 53.5 Å². The molecule has 0 amide bonds. The molecular formula is C12H10Cl2N2O. The molecule has 0 aliphatic heterocycles. The van der Waals surface area contributed by atoms with Crippen molar-refractivity contribution in [2.24, 2.45) is 0 Å². The Balaban J connectivity index is 2.49. The van der Waals surface area contributed by atoms with Gasteiger partial charge in [0.05, 0.1) is 17.3 Å². The van der Waals surface area contributed by atoms with Crippen LogP contribution in [0.5, 0.6) is 0 Å². The van der Waals surface area contributed by atoms with Crippen LogP contribution >= 0.6 is 23.2 Å². The van der Waals surface area contributed by atoms with Gasteiger partial charge in [0.1, 0.15) is 5.02 Å². The van der Waals surface area contributed by atoms with Crippen molar-refractivity contribution in [1.29, 1.82) is 0 Å². The van der Waals surface area contributed by atoms with Crippen molar-refractivity contribution in [3.05, 3.63) is 62.5 Å². The first-order valence-electron chi connectivity index (χ1n) is 5.09. The van der Waals surface area contributed by atoms with Crippen molar-refractivity contribution in [2.75, 3.05) is 0 Å². The van der Waals surface area contributed by atoms with Crippen molar-refractivity contribution in [1.82, 2.24) is 9.78 Å². The van der Waals surface area contributed by atoms with Gasteiger partial charge in [-0.3, -0.25) is 4.79 Å². The Morgan fingerprint density at radius 1 is 1.24 bits per heavy atom. The van der Waals surface area contributed by atoms with E-state index in [1.165, 1.54) is 10.9 Å². The molecule has 17 heavy (non-hydrogen) atoms. The summed E-state index contributed by atoms with van der Waals surface area (Å²) in [5, 5.41) is 4.18. The minimum atomic E-state index is -0.379. The van der Waals surface area contributed by atoms with Crippen LogP contribution in [0.1, 0.15) is 18.5 Å². The lowest BCUT2D eigenvalue weighted by atomic mass is 10.1. The standard InChI is InChI=1S/C12H10Cl2N2O/c1-8(9-5-3-2-4-6-9)16-12(17)11(14)10(13)7-15-16/h2-8H,1H3/t8-/m0/s1. The molecule has 0 radical (unpaired) electrons. The highest BCUT2D eigenvalue weighted by Gasteiger charge is 2.13. The molecule has 88 valence electrons. The van der Waals surface area contributed by atoms with E-state index in [9.17, 15) is 4.79 Å². The third kappa shape index (κ3) is 2.35. The molecule has 0 N–H and O–H groups in total. The average Bonchev–Trinajstić information content (AvgIpc) is 2.36. The molecular weight excluding hydrogens is 259 g/mol. The summed E-state index contributed by atoms with van der Waals surface area (Å²) < 4.78 is 1.32. The average molecular weight is 269 g/mol. The summed E-state index contributed by atoms with van der Waals surface area (Å²) in [5.74, 6) is 0. The fraction of sp³-hybridized carbons (Fsp3) is 0.167. The molecule has 3 nitrogen and oxygen atoms in total. The molecule has 2 rings (SSSR count). The Labute approximate surface area is 109 Å². The van der Waals surface area contributed by atoms with Crippen LogP contribution in [0.25, 0.3) is 0 Å². The monoisotopic (exact) mass is 268 g/mol. The first kappa shape index (κ1) is 12.1. The summed E-state index contributed by atoms with van der Waals surface area (Å²) >= 11 is 11.5. The van der Waals surface area contributed by atoms with Crippen LogP contribution < -0.4 is 5.56 Å². The summed E-state index contributed by atoms with van der Waals surface area (Å²) in [6.07, 6.45) is 1.38. The van der Waals surface area contributed by atoms with E-state index in [0.29, 0.717) is 0 Å². The van der Waals surface area contributed by atoms with Crippen LogP contribution in [0, 0.1) is 0 Å². The van der Waals surface area contributed by atoms with E-state index in [2.05, 4.69) is 5.10 Å². The van der Waals surface area contributed by atoms with Gasteiger partial charge in [0, 0.05) is 0 Å². The lowest BCUT2D eigenvalue weighted by Crippen LogP contribution is -2.26. The largest absolute Gasteiger partial charge is 0.287 e. The molecule has 1 atom stereocenters. The Hall–Kier alpha value is -1.32. The molecule has 1 aromatic carbocycles. The van der Waals surface area contributed by atoms with Gasteiger partial charge in [0.25, 0.3) is 5.56 Å². The quantitative estimate of drug-likeness (QED) is 0.839. The second kappa shape index (κ2) is 4.90. The minimum absolute atomic E-state index is 0.00412. The van der Waals surface area contributed by atoms with Crippen LogP contribution in [0.15, 0.2) is 41.3 Å². The van der Waals surface area contributed by atoms with Crippen molar-refractivity contribution in [3.8, 4) is 0 Å². The smallest absolute Gasteiger partial charge is 0.266 e. The van der Waals surface area contributed by atoms with Gasteiger partial charge in [0.2, 0.25) is 0 Å². The Morgan fingerprint density at radius 2 is 1.88 bits per heavy atom. The zero-order valence-corrected chi connectivity index (χ0v) is 10.6. The van der Waals surface area contributed by atoms with Crippen molar-refractivity contribution >= 4 is 23.2 Å². The van der Waals surface area contributed by atoms with E-state index >= 15 is 0 Å². The molecule has 0 fully saturated rings. The van der Waals surface area contributed by atoms with E-state index < -0.39 is 0 Å². The Kier molecular flexibility index (Phi) is 3.50. The van der Waals surface area contributed by atoms with Gasteiger partial charge in [-0.05, 0) is 12.5 Å². The maximum absolute atomic E-state index is 11.9. The summed E-state index contributed by atoms with van der Waals surface area (Å²) in [7, 11) is 0. The molecule has 0 aliphatic rings. The van der Waals surface area contributed by atoms with Gasteiger partial charge >= 0.3 is 0 Å². The molecule has 0 bridgehead atoms. The molecule has 0 aliphatic carbocycles. The zero-order valence-electron chi connectivity index (χ0n) is 9.10. The van der Waals surface area contributed by atoms with Crippen molar-refractivity contribution < 1.29 is 0 Å². The van der Waals surface area contributed by atoms with Crippen molar-refractivity contribution in [3.63, 3.8) is 0 Å². The molecule has 1 heterocycles. The summed E-state index contributed by atoms with van der Waals surface area (Å²) in [5.41, 5.74) is 0.607. The van der Waals surface area contributed by atoms with E-state index in [1.54, 1.807) is 0 Å². The van der Waals surface area contributed by atoms with E-state index in [0.717, 1.165) is 5.56 Å². The van der Waals surface area contributed by atoms with Crippen LogP contribution in [0.4, 0.5) is 0 Å². The second-order valence-electron chi connectivity index (χ2n) is 3.64. The lowest BCUT2D eigenvalue weighted by Gasteiger charge is -2.14. The van der Waals surface area contributed by atoms with Crippen LogP contribution in [-0.2, 0) is 0 Å². The highest BCUT2D eigenvalue weighted by Crippen LogP contribution is 2.19. The number of nitrogens with zero attached hydrogens (tertiary/aromatic N) is 2. The zero-order chi connectivity index (χ0) is 12.4. The van der Waals surface area contributed by atoms with E-state index in [1.807, 2.05) is 37.3 Å². The van der Waals surface area contributed by atoms with Crippen LogP contribution in [0.3, 0.4) is 0 Å². The molecule has 2 aromatic rings. The third-order valence-corrected chi connectivity index (χ3v) is 3.30. The lowest BCUT2D eigenvalue weighted by molar-refractivity contribution is 0.532. The van der Waals surface area contributed by atoms with Gasteiger partial charge in [-0.2, -0.15) is 5.10 Å². The first-order valence-corrected chi connectivity index (χ1v) is 5.84. The molecule has 1 aromatic heterocycles. The number of hydrogen-bond acceptors (Lipinski definition) is 2. The molecule has 5 heteroatoms. The highest BCUT2D eigenvalue weighted by molar-refractivity contribution is 6.41. The van der Waals surface area contributed by atoms with E-state index in [4.69, 9.17) is 23.2 Å². The number of rotatable bonds is 2. The predicted molar refractivity (Wildman–Crippen MR) is 68.8 cm³/mol. The maximum atomic E-state index is 11.9. The number of aromatic nitrogens is 2. The fourth-order valence-electron chi connectivity index (χ4n) is 1.57. The highest BCUT2D eigenvalue weighted by atomic mass is 35.5. The summed E-state index contributed by atoms with van der Waals surface area (Å²) in [6.45, 7) is 1.88. The number of halogens is 2. The predicted octanol–water partition coefficient (Wildman–Crippen LogP) is 3.16. The Bertz CT molecular complexity index is 581. The summed E-state index contributed by atoms with van der Waals surface area (Å²) in [4.78, 5) is 11.9. The first-order chi connectivity index (χ1) is 8.11. The van der Waals surface area contributed by atoms with Crippen LogP contribution in [-0.4, -0.2) is 9.78 Å². The minimum Gasteiger partial charge on any atom is -0.266 e. The molecule has 0 unspecified atom stereocenters. The normalized spacial score (nSPS) is 12.4. The summed E-state index contributed by atoms with van der Waals surface area (Å²) in [6, 6.07) is 9.42. The maximum Gasteiger partial charge on any atom is 0.287 e. The SMILES string of the molecule is C[C@@H](c1ccccc1)n1ncc(Cl)c(Cl)c1=O. The second-order valence-corrected chi connectivity index (χ2v) is 4.43. The van der Waals surface area contributed by atoms with Crippen molar-refractivity contribution in [2.45, 2.75) is 13.0 Å². The van der Waals surface area contributed by atoms with Gasteiger partial charge in [-0.25, -0.2) is 4.68 Å². The van der Waals surface area contributed by atoms with Gasteiger partial charge < -0.3 is 0 Å². The number of hydrogen-bond donors (Lipinski definition) is 0. The third-order valence-electron chi connectivity index (χ3n) is 2.55.